The summed E-state index contributed by atoms with van der Waals surface area (Å²) in [5.74, 6) is 0.0827. The third kappa shape index (κ3) is 5.60. The second-order valence-corrected chi connectivity index (χ2v) is 10.4. The van der Waals surface area contributed by atoms with Crippen LogP contribution in [0.1, 0.15) is 38.7 Å². The van der Waals surface area contributed by atoms with Crippen molar-refractivity contribution in [2.45, 2.75) is 39.5 Å². The summed E-state index contributed by atoms with van der Waals surface area (Å²) in [6, 6.07) is 26.4. The molecule has 0 bridgehead atoms. The van der Waals surface area contributed by atoms with Crippen molar-refractivity contribution >= 4 is 21.4 Å². The number of hydrogen-bond donors (Lipinski definition) is 0. The summed E-state index contributed by atoms with van der Waals surface area (Å²) in [5.41, 5.74) is 4.52. The van der Waals surface area contributed by atoms with Crippen LogP contribution in [0.5, 0.6) is 5.75 Å². The Morgan fingerprint density at radius 2 is 1.38 bits per heavy atom. The maximum Gasteiger partial charge on any atom is 0.132 e. The summed E-state index contributed by atoms with van der Waals surface area (Å²) in [6.45, 7) is 4.75. The minimum Gasteiger partial charge on any atom is -0.494 e. The van der Waals surface area contributed by atoms with Gasteiger partial charge >= 0.3 is 0 Å². The molecule has 0 N–H and O–H groups in total. The standard InChI is InChI=1S/C33H30F2OS/c1-3-5-6-7-22-8-10-23(11-9-22)24-13-16-28(30(34)18-24)25-14-17-29(31(35)19-25)33-20-26-12-15-27(36-4-2)21-32(26)37-33/h8-21H,3-7H2,1-2H3. The molecule has 0 saturated carbocycles. The molecule has 1 aromatic heterocycles. The number of rotatable bonds is 9. The molecule has 4 aromatic carbocycles. The lowest BCUT2D eigenvalue weighted by molar-refractivity contribution is 0.341. The smallest absolute Gasteiger partial charge is 0.132 e. The number of halogens is 2. The lowest BCUT2D eigenvalue weighted by Gasteiger charge is -2.09. The van der Waals surface area contributed by atoms with Crippen LogP contribution < -0.4 is 4.74 Å². The van der Waals surface area contributed by atoms with E-state index in [1.54, 1.807) is 18.2 Å². The first-order chi connectivity index (χ1) is 18.1. The quantitative estimate of drug-likeness (QED) is 0.179. The van der Waals surface area contributed by atoms with Crippen LogP contribution in [0.2, 0.25) is 0 Å². The van der Waals surface area contributed by atoms with Gasteiger partial charge in [0.15, 0.2) is 0 Å². The van der Waals surface area contributed by atoms with E-state index in [1.807, 2.05) is 49.4 Å². The zero-order valence-corrected chi connectivity index (χ0v) is 22.0. The molecule has 0 unspecified atom stereocenters. The van der Waals surface area contributed by atoms with E-state index in [-0.39, 0.29) is 11.6 Å². The minimum absolute atomic E-state index is 0.359. The van der Waals surface area contributed by atoms with Gasteiger partial charge in [-0.3, -0.25) is 0 Å². The normalized spacial score (nSPS) is 11.2. The van der Waals surface area contributed by atoms with E-state index in [9.17, 15) is 0 Å². The second kappa shape index (κ2) is 11.3. The van der Waals surface area contributed by atoms with E-state index in [2.05, 4.69) is 19.1 Å². The summed E-state index contributed by atoms with van der Waals surface area (Å²) >= 11 is 1.52. The molecule has 0 atom stereocenters. The lowest BCUT2D eigenvalue weighted by Crippen LogP contribution is -1.90. The molecule has 1 heterocycles. The number of benzene rings is 4. The van der Waals surface area contributed by atoms with E-state index < -0.39 is 0 Å². The number of fused-ring (bicyclic) bond motifs is 1. The van der Waals surface area contributed by atoms with Crippen molar-refractivity contribution in [3.05, 3.63) is 102 Å². The topological polar surface area (TPSA) is 9.23 Å². The fraction of sp³-hybridized carbons (Fsp3) is 0.212. The Morgan fingerprint density at radius 3 is 2.11 bits per heavy atom. The first kappa shape index (κ1) is 25.2. The van der Waals surface area contributed by atoms with Crippen LogP contribution >= 0.6 is 11.3 Å². The molecule has 0 aliphatic rings. The maximum atomic E-state index is 15.2. The summed E-state index contributed by atoms with van der Waals surface area (Å²) in [4.78, 5) is 0.835. The Hall–Kier alpha value is -3.50. The minimum atomic E-state index is -0.365. The average Bonchev–Trinajstić information content (AvgIpc) is 3.32. The molecule has 4 heteroatoms. The van der Waals surface area contributed by atoms with E-state index in [4.69, 9.17) is 4.74 Å². The predicted octanol–water partition coefficient (Wildman–Crippen LogP) is 10.3. The average molecular weight is 513 g/mol. The van der Waals surface area contributed by atoms with Crippen molar-refractivity contribution in [1.82, 2.24) is 0 Å². The van der Waals surface area contributed by atoms with E-state index in [0.29, 0.717) is 23.3 Å². The molecule has 1 nitrogen and oxygen atoms in total. The Balaban J connectivity index is 1.37. The Morgan fingerprint density at radius 1 is 0.676 bits per heavy atom. The lowest BCUT2D eigenvalue weighted by atomic mass is 9.97. The second-order valence-electron chi connectivity index (χ2n) is 9.29. The van der Waals surface area contributed by atoms with Gasteiger partial charge in [0.05, 0.1) is 6.61 Å². The van der Waals surface area contributed by atoms with Gasteiger partial charge in [0.25, 0.3) is 0 Å². The third-order valence-electron chi connectivity index (χ3n) is 6.67. The van der Waals surface area contributed by atoms with Crippen LogP contribution in [0, 0.1) is 11.6 Å². The van der Waals surface area contributed by atoms with Crippen LogP contribution in [-0.2, 0) is 6.42 Å². The molecule has 0 amide bonds. The van der Waals surface area contributed by atoms with E-state index in [0.717, 1.165) is 38.3 Å². The molecule has 0 spiro atoms. The highest BCUT2D eigenvalue weighted by Crippen LogP contribution is 2.38. The SMILES string of the molecule is CCCCCc1ccc(-c2ccc(-c3ccc(-c4cc5ccc(OCC)cc5s4)c(F)c3)c(F)c2)cc1. The molecular weight excluding hydrogens is 482 g/mol. The Bertz CT molecular complexity index is 1520. The monoisotopic (exact) mass is 512 g/mol. The van der Waals surface area contributed by atoms with Gasteiger partial charge in [-0.25, -0.2) is 8.78 Å². The number of hydrogen-bond acceptors (Lipinski definition) is 2. The van der Waals surface area contributed by atoms with Crippen molar-refractivity contribution in [1.29, 1.82) is 0 Å². The maximum absolute atomic E-state index is 15.2. The number of thiophene rings is 1. The fourth-order valence-corrected chi connectivity index (χ4v) is 5.77. The summed E-state index contributed by atoms with van der Waals surface area (Å²) < 4.78 is 37.0. The van der Waals surface area contributed by atoms with Crippen molar-refractivity contribution < 1.29 is 13.5 Å². The highest BCUT2D eigenvalue weighted by atomic mass is 32.1. The van der Waals surface area contributed by atoms with Crippen LogP contribution in [0.15, 0.2) is 84.9 Å². The molecular formula is C33H30F2OS. The molecule has 188 valence electrons. The fourth-order valence-electron chi connectivity index (χ4n) is 4.65. The van der Waals surface area contributed by atoms with Gasteiger partial charge in [0.2, 0.25) is 0 Å². The van der Waals surface area contributed by atoms with Crippen LogP contribution in [0.25, 0.3) is 42.8 Å². The Kier molecular flexibility index (Phi) is 7.66. The van der Waals surface area contributed by atoms with Crippen molar-refractivity contribution in [2.75, 3.05) is 6.61 Å². The largest absolute Gasteiger partial charge is 0.494 e. The van der Waals surface area contributed by atoms with Gasteiger partial charge in [-0.2, -0.15) is 0 Å². The molecule has 0 radical (unpaired) electrons. The molecule has 0 saturated heterocycles. The summed E-state index contributed by atoms with van der Waals surface area (Å²) in [5, 5.41) is 1.04. The number of unbranched alkanes of at least 4 members (excludes halogenated alkanes) is 2. The number of ether oxygens (including phenoxy) is 1. The van der Waals surface area contributed by atoms with Crippen LogP contribution in [-0.4, -0.2) is 6.61 Å². The molecule has 0 aliphatic heterocycles. The van der Waals surface area contributed by atoms with Crippen LogP contribution in [0.4, 0.5) is 8.78 Å². The molecule has 0 fully saturated rings. The summed E-state index contributed by atoms with van der Waals surface area (Å²) in [6.07, 6.45) is 4.69. The molecule has 5 rings (SSSR count). The van der Waals surface area contributed by atoms with E-state index >= 15 is 8.78 Å². The van der Waals surface area contributed by atoms with Gasteiger partial charge in [0.1, 0.15) is 17.4 Å². The van der Waals surface area contributed by atoms with Crippen molar-refractivity contribution in [3.8, 4) is 38.4 Å². The third-order valence-corrected chi connectivity index (χ3v) is 7.80. The van der Waals surface area contributed by atoms with Gasteiger partial charge in [-0.15, -0.1) is 11.3 Å². The van der Waals surface area contributed by atoms with E-state index in [1.165, 1.54) is 48.3 Å². The van der Waals surface area contributed by atoms with Crippen molar-refractivity contribution in [3.63, 3.8) is 0 Å². The van der Waals surface area contributed by atoms with Crippen LogP contribution in [0.3, 0.4) is 0 Å². The number of aryl methyl sites for hydroxylation is 1. The summed E-state index contributed by atoms with van der Waals surface area (Å²) in [7, 11) is 0. The van der Waals surface area contributed by atoms with Crippen molar-refractivity contribution in [2.24, 2.45) is 0 Å². The molecule has 5 aromatic rings. The predicted molar refractivity (Wildman–Crippen MR) is 152 cm³/mol. The van der Waals surface area contributed by atoms with Gasteiger partial charge in [-0.05, 0) is 89.9 Å². The highest BCUT2D eigenvalue weighted by Gasteiger charge is 2.14. The molecule has 0 aliphatic carbocycles. The zero-order valence-electron chi connectivity index (χ0n) is 21.2. The molecule has 37 heavy (non-hydrogen) atoms. The first-order valence-electron chi connectivity index (χ1n) is 12.9. The van der Waals surface area contributed by atoms with Gasteiger partial charge < -0.3 is 4.74 Å². The van der Waals surface area contributed by atoms with Gasteiger partial charge in [-0.1, -0.05) is 62.2 Å². The highest BCUT2D eigenvalue weighted by molar-refractivity contribution is 7.22. The van der Waals surface area contributed by atoms with Gasteiger partial charge in [0, 0.05) is 20.7 Å². The zero-order chi connectivity index (χ0) is 25.8. The Labute approximate surface area is 221 Å². The first-order valence-corrected chi connectivity index (χ1v) is 13.7.